The number of allylic oxidation sites excluding steroid dienone is 2. The van der Waals surface area contributed by atoms with Gasteiger partial charge in [0.15, 0.2) is 12.6 Å². The maximum absolute atomic E-state index is 12.3. The maximum atomic E-state index is 12.3. The van der Waals surface area contributed by atoms with Gasteiger partial charge in [0.2, 0.25) is 0 Å². The zero-order valence-corrected chi connectivity index (χ0v) is 34.4. The average molecular weight is 785 g/mol. The molecule has 0 amide bonds. The van der Waals surface area contributed by atoms with E-state index in [4.69, 9.17) is 18.9 Å². The van der Waals surface area contributed by atoms with E-state index in [-0.39, 0.29) is 23.7 Å². The van der Waals surface area contributed by atoms with Gasteiger partial charge in [-0.25, -0.2) is 0 Å². The minimum absolute atomic E-state index is 0.0411. The van der Waals surface area contributed by atoms with E-state index in [1.165, 1.54) is 12.5 Å². The fourth-order valence-electron chi connectivity index (χ4n) is 13.3. The normalized spacial score (nSPS) is 53.4. The first-order valence-electron chi connectivity index (χ1n) is 20.8. The monoisotopic (exact) mass is 784 g/mol. The van der Waals surface area contributed by atoms with Gasteiger partial charge in [0.05, 0.1) is 36.6 Å². The quantitative estimate of drug-likeness (QED) is 0.121. The van der Waals surface area contributed by atoms with Crippen LogP contribution in [0.15, 0.2) is 11.6 Å². The first kappa shape index (κ1) is 43.8. The molecule has 2 heterocycles. The molecule has 2 saturated heterocycles. The Morgan fingerprint density at radius 3 is 2.13 bits per heavy atom. The van der Waals surface area contributed by atoms with Gasteiger partial charge >= 0.3 is 0 Å². The minimum atomic E-state index is -1.70. The van der Waals surface area contributed by atoms with Gasteiger partial charge in [0.1, 0.15) is 42.7 Å². The molecule has 13 heteroatoms. The average Bonchev–Trinajstić information content (AvgIpc) is 3.49. The van der Waals surface area contributed by atoms with Gasteiger partial charge in [0, 0.05) is 0 Å². The second-order valence-corrected chi connectivity index (χ2v) is 20.3. The lowest BCUT2D eigenvalue weighted by Crippen LogP contribution is -2.71. The van der Waals surface area contributed by atoms with Crippen molar-refractivity contribution in [3.63, 3.8) is 0 Å². The molecule has 0 radical (unpaired) electrons. The van der Waals surface area contributed by atoms with E-state index in [9.17, 15) is 46.0 Å². The number of hydrogen-bond donors (Lipinski definition) is 9. The Balaban J connectivity index is 1.38. The molecule has 9 N–H and O–H groups in total. The van der Waals surface area contributed by atoms with E-state index in [1.54, 1.807) is 0 Å². The highest BCUT2D eigenvalue weighted by Crippen LogP contribution is 2.76. The van der Waals surface area contributed by atoms with Crippen LogP contribution in [-0.2, 0) is 18.9 Å². The highest BCUT2D eigenvalue weighted by molar-refractivity contribution is 5.22. The number of aliphatic hydroxyl groups is 9. The van der Waals surface area contributed by atoms with Crippen LogP contribution < -0.4 is 0 Å². The van der Waals surface area contributed by atoms with Crippen molar-refractivity contribution in [2.24, 2.45) is 45.3 Å². The fourth-order valence-corrected chi connectivity index (χ4v) is 13.3. The number of ether oxygens (including phenoxy) is 4. The second-order valence-electron chi connectivity index (χ2n) is 20.3. The Labute approximate surface area is 327 Å². The maximum Gasteiger partial charge on any atom is 0.187 e. The molecule has 318 valence electrons. The topological polar surface area (TPSA) is 219 Å². The molecule has 6 rings (SSSR count). The number of fused-ring (bicyclic) bond motifs is 5. The fraction of sp³-hybridized carbons (Fsp3) is 0.952. The summed E-state index contributed by atoms with van der Waals surface area (Å²) in [4.78, 5) is 0. The first-order chi connectivity index (χ1) is 25.5. The molecule has 0 aromatic rings. The van der Waals surface area contributed by atoms with Crippen molar-refractivity contribution in [2.45, 2.75) is 199 Å². The van der Waals surface area contributed by atoms with Crippen molar-refractivity contribution in [1.29, 1.82) is 0 Å². The summed E-state index contributed by atoms with van der Waals surface area (Å²) in [5.41, 5.74) is -1.71. The van der Waals surface area contributed by atoms with Crippen molar-refractivity contribution in [3.05, 3.63) is 11.6 Å². The molecule has 4 aliphatic carbocycles. The van der Waals surface area contributed by atoms with Crippen LogP contribution in [0.25, 0.3) is 0 Å². The van der Waals surface area contributed by atoms with Gasteiger partial charge in [-0.1, -0.05) is 46.3 Å². The van der Waals surface area contributed by atoms with Gasteiger partial charge in [-0.15, -0.1) is 0 Å². The van der Waals surface area contributed by atoms with Crippen LogP contribution >= 0.6 is 0 Å². The van der Waals surface area contributed by atoms with Gasteiger partial charge in [0.25, 0.3) is 0 Å². The van der Waals surface area contributed by atoms with Gasteiger partial charge in [-0.05, 0) is 124 Å². The Bertz CT molecular complexity index is 1390. The smallest absolute Gasteiger partial charge is 0.187 e. The van der Waals surface area contributed by atoms with Crippen molar-refractivity contribution in [3.8, 4) is 0 Å². The largest absolute Gasteiger partial charge is 0.394 e. The minimum Gasteiger partial charge on any atom is -0.394 e. The summed E-state index contributed by atoms with van der Waals surface area (Å²) >= 11 is 0. The number of hydrogen-bond acceptors (Lipinski definition) is 13. The van der Waals surface area contributed by atoms with E-state index >= 15 is 0 Å². The van der Waals surface area contributed by atoms with Crippen molar-refractivity contribution < 1.29 is 64.9 Å². The highest BCUT2D eigenvalue weighted by atomic mass is 16.8. The van der Waals surface area contributed by atoms with E-state index in [0.29, 0.717) is 32.1 Å². The lowest BCUT2D eigenvalue weighted by Gasteiger charge is -2.72. The summed E-state index contributed by atoms with van der Waals surface area (Å²) in [6.45, 7) is 17.8. The zero-order chi connectivity index (χ0) is 40.8. The molecule has 0 aromatic heterocycles. The molecule has 4 saturated carbocycles. The zero-order valence-electron chi connectivity index (χ0n) is 34.4. The van der Waals surface area contributed by atoms with E-state index in [0.717, 1.165) is 19.3 Å². The molecule has 2 unspecified atom stereocenters. The molecule has 13 nitrogen and oxygen atoms in total. The summed E-state index contributed by atoms with van der Waals surface area (Å²) in [6, 6.07) is 0. The first-order valence-corrected chi connectivity index (χ1v) is 20.8. The predicted octanol–water partition coefficient (Wildman–Crippen LogP) is 2.15. The van der Waals surface area contributed by atoms with E-state index < -0.39 is 114 Å². The van der Waals surface area contributed by atoms with E-state index in [1.807, 2.05) is 20.8 Å². The SMILES string of the molecule is CC(C)=CCC[C@](C)(O)[C@@H]1CC[C@]2(C)[C@@H]1[C@H](O)CC1[C@@]3(C)CC[C@H](O)C(C)(C)C3[C@@H](O[C@@H]3O[C@H](CO)[C@@H](O)[C@H](O)[C@H]3O[C@@H]3O[C@@H](C)[C@H](O)[C@@H](O)[C@H]3O)C[C@]12C. The summed E-state index contributed by atoms with van der Waals surface area (Å²) in [5, 5.41) is 100. The molecule has 0 spiro atoms. The Kier molecular flexibility index (Phi) is 12.2. The van der Waals surface area contributed by atoms with Crippen molar-refractivity contribution >= 4 is 0 Å². The molecule has 6 fully saturated rings. The van der Waals surface area contributed by atoms with Gasteiger partial charge in [-0.3, -0.25) is 0 Å². The second kappa shape index (κ2) is 15.4. The molecular weight excluding hydrogens is 712 g/mol. The van der Waals surface area contributed by atoms with Crippen LogP contribution in [0.4, 0.5) is 0 Å². The Morgan fingerprint density at radius 1 is 0.818 bits per heavy atom. The summed E-state index contributed by atoms with van der Waals surface area (Å²) < 4.78 is 25.1. The standard InChI is InChI=1S/C42H72O13/c1-20(2)11-10-14-42(9,51)22-12-16-40(7)28(22)23(44)17-26-39(6)15-13-27(45)38(4,5)35(39)24(18-41(26,40)8)53-37-34(32(49)30(47)25(19-43)54-37)55-36-33(50)31(48)29(46)21(3)52-36/h11,21-37,43-51H,10,12-19H2,1-9H3/t21-,22+,23+,24-,25+,26?,27-,28-,29-,30+,31+,32-,33+,34+,35?,36-,37+,39+,40+,41+,42-/m0/s1. The van der Waals surface area contributed by atoms with E-state index in [2.05, 4.69) is 40.7 Å². The molecular formula is C42H72O13. The number of rotatable bonds is 9. The lowest BCUT2D eigenvalue weighted by atomic mass is 9.34. The third-order valence-corrected chi connectivity index (χ3v) is 16.5. The van der Waals surface area contributed by atoms with Crippen LogP contribution in [0.3, 0.4) is 0 Å². The van der Waals surface area contributed by atoms with Gasteiger partial charge in [-0.2, -0.15) is 0 Å². The molecule has 0 bridgehead atoms. The molecule has 2 aliphatic heterocycles. The molecule has 21 atom stereocenters. The summed E-state index contributed by atoms with van der Waals surface area (Å²) in [7, 11) is 0. The van der Waals surface area contributed by atoms with Crippen LogP contribution in [0.1, 0.15) is 114 Å². The van der Waals surface area contributed by atoms with Crippen LogP contribution in [-0.4, -0.2) is 138 Å². The lowest BCUT2D eigenvalue weighted by molar-refractivity contribution is -0.382. The molecule has 0 aromatic carbocycles. The van der Waals surface area contributed by atoms with Crippen molar-refractivity contribution in [1.82, 2.24) is 0 Å². The van der Waals surface area contributed by atoms with Crippen LogP contribution in [0.5, 0.6) is 0 Å². The van der Waals surface area contributed by atoms with Crippen LogP contribution in [0, 0.1) is 45.3 Å². The number of aliphatic hydroxyl groups excluding tert-OH is 8. The summed E-state index contributed by atoms with van der Waals surface area (Å²) in [6.07, 6.45) is -8.99. The Morgan fingerprint density at radius 2 is 1.49 bits per heavy atom. The third kappa shape index (κ3) is 7.10. The molecule has 6 aliphatic rings. The van der Waals surface area contributed by atoms with Gasteiger partial charge < -0.3 is 64.9 Å². The highest BCUT2D eigenvalue weighted by Gasteiger charge is 2.73. The third-order valence-electron chi connectivity index (χ3n) is 16.5. The predicted molar refractivity (Wildman–Crippen MR) is 201 cm³/mol. The van der Waals surface area contributed by atoms with Crippen molar-refractivity contribution in [2.75, 3.05) is 6.61 Å². The Hall–Kier alpha value is -0.780. The molecule has 55 heavy (non-hydrogen) atoms. The van der Waals surface area contributed by atoms with Crippen LogP contribution in [0.2, 0.25) is 0 Å². The summed E-state index contributed by atoms with van der Waals surface area (Å²) in [5.74, 6) is -0.526.